The van der Waals surface area contributed by atoms with Gasteiger partial charge in [-0.3, -0.25) is 4.98 Å². The highest BCUT2D eigenvalue weighted by atomic mass is 16.3. The molecule has 0 saturated heterocycles. The maximum absolute atomic E-state index is 9.67. The largest absolute Gasteiger partial charge is 0.390 e. The van der Waals surface area contributed by atoms with E-state index in [4.69, 9.17) is 0 Å². The van der Waals surface area contributed by atoms with Crippen molar-refractivity contribution in [3.8, 4) is 0 Å². The number of aromatic nitrogens is 1. The monoisotopic (exact) mass is 266 g/mol. The summed E-state index contributed by atoms with van der Waals surface area (Å²) in [6.07, 6.45) is 3.81. The highest BCUT2D eigenvalue weighted by Crippen LogP contribution is 2.31. The molecule has 3 nitrogen and oxygen atoms in total. The second-order valence-electron chi connectivity index (χ2n) is 5.16. The molecule has 1 aromatic heterocycles. The molecular weight excluding hydrogens is 248 g/mol. The number of hydrogen-bond donors (Lipinski definition) is 1. The molecule has 0 aliphatic carbocycles. The minimum Gasteiger partial charge on any atom is -0.390 e. The lowest BCUT2D eigenvalue weighted by atomic mass is 10.0. The van der Waals surface area contributed by atoms with Crippen LogP contribution in [0.25, 0.3) is 6.08 Å². The molecule has 1 aliphatic rings. The standard InChI is InChI=1S/C17H18N2O/c1-12-7-8-18-16-9-14(11-20)19(10-15(12)16)17-6-4-3-5-13(17)2/h3-9,20H,10-11H2,1-2H3. The number of nitrogens with zero attached hydrogens (tertiary/aromatic N) is 2. The summed E-state index contributed by atoms with van der Waals surface area (Å²) >= 11 is 0. The minimum absolute atomic E-state index is 0.0173. The maximum Gasteiger partial charge on any atom is 0.0833 e. The first-order chi connectivity index (χ1) is 9.70. The zero-order valence-electron chi connectivity index (χ0n) is 11.8. The number of pyridine rings is 1. The molecule has 0 amide bonds. The fourth-order valence-electron chi connectivity index (χ4n) is 2.67. The summed E-state index contributed by atoms with van der Waals surface area (Å²) in [5, 5.41) is 9.67. The predicted molar refractivity (Wildman–Crippen MR) is 81.4 cm³/mol. The van der Waals surface area contributed by atoms with Crippen molar-refractivity contribution in [2.75, 3.05) is 11.5 Å². The van der Waals surface area contributed by atoms with Crippen molar-refractivity contribution in [1.29, 1.82) is 0 Å². The van der Waals surface area contributed by atoms with Gasteiger partial charge in [-0.1, -0.05) is 18.2 Å². The molecule has 0 fully saturated rings. The Bertz CT molecular complexity index is 676. The van der Waals surface area contributed by atoms with E-state index in [1.807, 2.05) is 30.5 Å². The van der Waals surface area contributed by atoms with Crippen LogP contribution in [0.15, 0.2) is 42.2 Å². The van der Waals surface area contributed by atoms with Gasteiger partial charge in [0.1, 0.15) is 0 Å². The van der Waals surface area contributed by atoms with Crippen molar-refractivity contribution >= 4 is 11.8 Å². The lowest BCUT2D eigenvalue weighted by molar-refractivity contribution is 0.327. The number of para-hydroxylation sites is 1. The van der Waals surface area contributed by atoms with Crippen LogP contribution in [-0.2, 0) is 6.54 Å². The molecule has 2 heterocycles. The molecule has 20 heavy (non-hydrogen) atoms. The Morgan fingerprint density at radius 3 is 2.70 bits per heavy atom. The molecule has 1 aliphatic heterocycles. The van der Waals surface area contributed by atoms with E-state index in [9.17, 15) is 5.11 Å². The van der Waals surface area contributed by atoms with Gasteiger partial charge < -0.3 is 10.0 Å². The predicted octanol–water partition coefficient (Wildman–Crippen LogP) is 3.05. The molecule has 0 saturated carbocycles. The van der Waals surface area contributed by atoms with Crippen LogP contribution in [-0.4, -0.2) is 16.7 Å². The fraction of sp³-hybridized carbons (Fsp3) is 0.235. The van der Waals surface area contributed by atoms with Crippen LogP contribution in [0.1, 0.15) is 22.4 Å². The zero-order valence-corrected chi connectivity index (χ0v) is 11.8. The molecule has 3 rings (SSSR count). The Labute approximate surface area is 119 Å². The quantitative estimate of drug-likeness (QED) is 0.907. The SMILES string of the molecule is Cc1ccccc1N1Cc2c(C)ccnc2C=C1CO. The smallest absolute Gasteiger partial charge is 0.0833 e. The second kappa shape index (κ2) is 5.10. The van der Waals surface area contributed by atoms with Crippen LogP contribution in [0, 0.1) is 13.8 Å². The van der Waals surface area contributed by atoms with Gasteiger partial charge in [0, 0.05) is 23.1 Å². The van der Waals surface area contributed by atoms with Crippen LogP contribution in [0.2, 0.25) is 0 Å². The van der Waals surface area contributed by atoms with E-state index < -0.39 is 0 Å². The third-order valence-corrected chi connectivity index (χ3v) is 3.86. The molecule has 0 radical (unpaired) electrons. The van der Waals surface area contributed by atoms with Gasteiger partial charge in [0.05, 0.1) is 18.8 Å². The molecule has 1 aromatic carbocycles. The van der Waals surface area contributed by atoms with Gasteiger partial charge in [-0.15, -0.1) is 0 Å². The molecule has 2 aromatic rings. The van der Waals surface area contributed by atoms with Crippen molar-refractivity contribution in [3.05, 3.63) is 64.6 Å². The minimum atomic E-state index is 0.0173. The lowest BCUT2D eigenvalue weighted by Crippen LogP contribution is -2.28. The fourth-order valence-corrected chi connectivity index (χ4v) is 2.67. The van der Waals surface area contributed by atoms with E-state index in [2.05, 4.69) is 35.9 Å². The van der Waals surface area contributed by atoms with Crippen molar-refractivity contribution in [2.24, 2.45) is 0 Å². The van der Waals surface area contributed by atoms with Crippen LogP contribution in [0.5, 0.6) is 0 Å². The molecule has 0 bridgehead atoms. The summed E-state index contributed by atoms with van der Waals surface area (Å²) in [4.78, 5) is 6.59. The third kappa shape index (κ3) is 2.10. The van der Waals surface area contributed by atoms with Gasteiger partial charge >= 0.3 is 0 Å². The van der Waals surface area contributed by atoms with Gasteiger partial charge in [-0.2, -0.15) is 0 Å². The summed E-state index contributed by atoms with van der Waals surface area (Å²) in [7, 11) is 0. The van der Waals surface area contributed by atoms with Crippen LogP contribution in [0.3, 0.4) is 0 Å². The van der Waals surface area contributed by atoms with Gasteiger partial charge in [-0.05, 0) is 43.2 Å². The Kier molecular flexibility index (Phi) is 3.28. The first-order valence-corrected chi connectivity index (χ1v) is 6.80. The normalized spacial score (nSPS) is 13.9. The van der Waals surface area contributed by atoms with Gasteiger partial charge in [0.15, 0.2) is 0 Å². The Morgan fingerprint density at radius 2 is 1.95 bits per heavy atom. The number of rotatable bonds is 2. The van der Waals surface area contributed by atoms with Gasteiger partial charge in [0.25, 0.3) is 0 Å². The van der Waals surface area contributed by atoms with E-state index in [0.29, 0.717) is 0 Å². The number of aliphatic hydroxyl groups excluding tert-OH is 1. The van der Waals surface area contributed by atoms with E-state index >= 15 is 0 Å². The lowest BCUT2D eigenvalue weighted by Gasteiger charge is -2.32. The molecule has 0 atom stereocenters. The van der Waals surface area contributed by atoms with Crippen LogP contribution in [0.4, 0.5) is 5.69 Å². The molecular formula is C17H18N2O. The average molecular weight is 266 g/mol. The number of benzene rings is 1. The number of hydrogen-bond acceptors (Lipinski definition) is 3. The van der Waals surface area contributed by atoms with Crippen molar-refractivity contribution in [1.82, 2.24) is 4.98 Å². The average Bonchev–Trinajstić information content (AvgIpc) is 2.47. The van der Waals surface area contributed by atoms with Crippen molar-refractivity contribution < 1.29 is 5.11 Å². The molecule has 3 heteroatoms. The first kappa shape index (κ1) is 12.9. The summed E-state index contributed by atoms with van der Waals surface area (Å²) < 4.78 is 0. The number of fused-ring (bicyclic) bond motifs is 1. The molecule has 0 unspecified atom stereocenters. The second-order valence-corrected chi connectivity index (χ2v) is 5.16. The van der Waals surface area contributed by atoms with E-state index in [0.717, 1.165) is 23.6 Å². The summed E-state index contributed by atoms with van der Waals surface area (Å²) in [5.74, 6) is 0. The van der Waals surface area contributed by atoms with E-state index in [1.54, 1.807) is 0 Å². The van der Waals surface area contributed by atoms with Gasteiger partial charge in [0.2, 0.25) is 0 Å². The highest BCUT2D eigenvalue weighted by Gasteiger charge is 2.21. The maximum atomic E-state index is 9.67. The highest BCUT2D eigenvalue weighted by molar-refractivity contribution is 5.69. The Morgan fingerprint density at radius 1 is 1.15 bits per heavy atom. The topological polar surface area (TPSA) is 36.4 Å². The molecule has 0 spiro atoms. The molecule has 102 valence electrons. The molecule has 1 N–H and O–H groups in total. The Hall–Kier alpha value is -2.13. The number of aliphatic hydroxyl groups is 1. The Balaban J connectivity index is 2.11. The number of anilines is 1. The van der Waals surface area contributed by atoms with E-state index in [-0.39, 0.29) is 6.61 Å². The van der Waals surface area contributed by atoms with Crippen molar-refractivity contribution in [3.63, 3.8) is 0 Å². The summed E-state index contributed by atoms with van der Waals surface area (Å²) in [6, 6.07) is 10.3. The third-order valence-electron chi connectivity index (χ3n) is 3.86. The summed E-state index contributed by atoms with van der Waals surface area (Å²) in [5.41, 5.74) is 6.68. The summed E-state index contributed by atoms with van der Waals surface area (Å²) in [6.45, 7) is 4.97. The van der Waals surface area contributed by atoms with Crippen LogP contribution < -0.4 is 4.90 Å². The van der Waals surface area contributed by atoms with Crippen LogP contribution >= 0.6 is 0 Å². The zero-order chi connectivity index (χ0) is 14.1. The first-order valence-electron chi connectivity index (χ1n) is 6.80. The van der Waals surface area contributed by atoms with E-state index in [1.165, 1.54) is 16.7 Å². The van der Waals surface area contributed by atoms with Crippen molar-refractivity contribution in [2.45, 2.75) is 20.4 Å². The van der Waals surface area contributed by atoms with Gasteiger partial charge in [-0.25, -0.2) is 0 Å². The number of aryl methyl sites for hydroxylation is 2.